The molecule has 3 amide bonds. The number of carbonyl (C=O) groups is 3. The van der Waals surface area contributed by atoms with E-state index in [4.69, 9.17) is 0 Å². The summed E-state index contributed by atoms with van der Waals surface area (Å²) in [6, 6.07) is 28.7. The van der Waals surface area contributed by atoms with Crippen LogP contribution >= 0.6 is 11.8 Å². The molecule has 0 heterocycles. The van der Waals surface area contributed by atoms with Gasteiger partial charge in [0.15, 0.2) is 0 Å². The first-order chi connectivity index (χ1) is 18.9. The van der Waals surface area contributed by atoms with Crippen molar-refractivity contribution in [2.75, 3.05) is 16.4 Å². The van der Waals surface area contributed by atoms with Crippen LogP contribution in [-0.4, -0.2) is 23.5 Å². The van der Waals surface area contributed by atoms with Gasteiger partial charge in [0.05, 0.1) is 5.75 Å². The van der Waals surface area contributed by atoms with Crippen molar-refractivity contribution < 1.29 is 18.8 Å². The smallest absolute Gasteiger partial charge is 0.272 e. The van der Waals surface area contributed by atoms with Gasteiger partial charge in [0, 0.05) is 21.8 Å². The molecule has 0 spiro atoms. The minimum Gasteiger partial charge on any atom is -0.325 e. The molecule has 0 atom stereocenters. The zero-order valence-corrected chi connectivity index (χ0v) is 21.9. The highest BCUT2D eigenvalue weighted by Crippen LogP contribution is 2.21. The van der Waals surface area contributed by atoms with Crippen LogP contribution < -0.4 is 16.0 Å². The van der Waals surface area contributed by atoms with E-state index in [1.807, 2.05) is 31.2 Å². The first-order valence-corrected chi connectivity index (χ1v) is 13.1. The second-order valence-electron chi connectivity index (χ2n) is 8.61. The van der Waals surface area contributed by atoms with Crippen molar-refractivity contribution in [2.45, 2.75) is 11.8 Å². The number of rotatable bonds is 9. The molecule has 4 aromatic carbocycles. The van der Waals surface area contributed by atoms with Gasteiger partial charge in [-0.1, -0.05) is 42.5 Å². The minimum atomic E-state index is -0.540. The van der Waals surface area contributed by atoms with E-state index in [0.29, 0.717) is 16.8 Å². The third kappa shape index (κ3) is 8.41. The van der Waals surface area contributed by atoms with Gasteiger partial charge in [0.25, 0.3) is 11.8 Å². The lowest BCUT2D eigenvalue weighted by molar-refractivity contribution is -0.114. The van der Waals surface area contributed by atoms with E-state index >= 15 is 0 Å². The normalized spacial score (nSPS) is 11.0. The standard InChI is InChI=1S/C31H26FN3O3S/c1-21-6-5-9-26(18-21)33-29(36)20-39-27-16-14-25(15-17-27)34-31(38)28(19-22-10-12-24(32)13-11-22)35-30(37)23-7-3-2-4-8-23/h2-19H,20H2,1H3,(H,33,36)(H,34,38)(H,35,37)/b28-19-. The first-order valence-electron chi connectivity index (χ1n) is 12.1. The molecule has 4 rings (SSSR count). The molecule has 0 saturated heterocycles. The van der Waals surface area contributed by atoms with Crippen LogP contribution in [0.25, 0.3) is 6.08 Å². The van der Waals surface area contributed by atoms with Crippen molar-refractivity contribution in [3.63, 3.8) is 0 Å². The third-order valence-corrected chi connectivity index (χ3v) is 6.51. The molecule has 0 unspecified atom stereocenters. The summed E-state index contributed by atoms with van der Waals surface area (Å²) < 4.78 is 13.4. The van der Waals surface area contributed by atoms with Gasteiger partial charge in [-0.25, -0.2) is 4.39 Å². The minimum absolute atomic E-state index is 0.00160. The molecule has 0 fully saturated rings. The number of halogens is 1. The SMILES string of the molecule is Cc1cccc(NC(=O)CSc2ccc(NC(=O)/C(=C/c3ccc(F)cc3)NC(=O)c3ccccc3)cc2)c1. The Morgan fingerprint density at radius 3 is 2.21 bits per heavy atom. The van der Waals surface area contributed by atoms with E-state index in [1.54, 1.807) is 54.6 Å². The molecule has 0 radical (unpaired) electrons. The Morgan fingerprint density at radius 2 is 1.51 bits per heavy atom. The molecular formula is C31H26FN3O3S. The first kappa shape index (κ1) is 27.3. The van der Waals surface area contributed by atoms with Crippen molar-refractivity contribution in [1.82, 2.24) is 5.32 Å². The van der Waals surface area contributed by atoms with Crippen molar-refractivity contribution in [1.29, 1.82) is 0 Å². The summed E-state index contributed by atoms with van der Waals surface area (Å²) in [7, 11) is 0. The maximum absolute atomic E-state index is 13.4. The molecule has 0 aliphatic rings. The molecule has 0 aliphatic carbocycles. The lowest BCUT2D eigenvalue weighted by Gasteiger charge is -2.12. The van der Waals surface area contributed by atoms with E-state index in [1.165, 1.54) is 42.1 Å². The van der Waals surface area contributed by atoms with E-state index in [2.05, 4.69) is 16.0 Å². The number of carbonyl (C=O) groups excluding carboxylic acids is 3. The molecule has 4 aromatic rings. The predicted molar refractivity (Wildman–Crippen MR) is 154 cm³/mol. The fourth-order valence-corrected chi connectivity index (χ4v) is 4.27. The molecule has 3 N–H and O–H groups in total. The lowest BCUT2D eigenvalue weighted by Crippen LogP contribution is -2.30. The van der Waals surface area contributed by atoms with Crippen molar-refractivity contribution >= 4 is 46.9 Å². The maximum Gasteiger partial charge on any atom is 0.272 e. The number of hydrogen-bond donors (Lipinski definition) is 3. The van der Waals surface area contributed by atoms with Crippen LogP contribution in [0.4, 0.5) is 15.8 Å². The van der Waals surface area contributed by atoms with E-state index in [-0.39, 0.29) is 17.4 Å². The summed E-state index contributed by atoms with van der Waals surface area (Å²) in [5, 5.41) is 8.30. The number of hydrogen-bond acceptors (Lipinski definition) is 4. The molecule has 0 aliphatic heterocycles. The van der Waals surface area contributed by atoms with E-state index in [0.717, 1.165) is 16.1 Å². The van der Waals surface area contributed by atoms with Crippen LogP contribution in [0.5, 0.6) is 0 Å². The van der Waals surface area contributed by atoms with Gasteiger partial charge in [-0.15, -0.1) is 11.8 Å². The Labute approximate surface area is 230 Å². The second kappa shape index (κ2) is 13.2. The van der Waals surface area contributed by atoms with Crippen LogP contribution in [0.3, 0.4) is 0 Å². The number of aryl methyl sites for hydroxylation is 1. The highest BCUT2D eigenvalue weighted by Gasteiger charge is 2.15. The quantitative estimate of drug-likeness (QED) is 0.173. The van der Waals surface area contributed by atoms with Crippen molar-refractivity contribution in [3.05, 3.63) is 131 Å². The molecule has 0 bridgehead atoms. The predicted octanol–water partition coefficient (Wildman–Crippen LogP) is 6.27. The fourth-order valence-electron chi connectivity index (χ4n) is 3.57. The second-order valence-corrected chi connectivity index (χ2v) is 9.66. The van der Waals surface area contributed by atoms with Gasteiger partial charge < -0.3 is 16.0 Å². The number of amides is 3. The summed E-state index contributed by atoms with van der Waals surface area (Å²) >= 11 is 1.37. The van der Waals surface area contributed by atoms with Crippen molar-refractivity contribution in [3.8, 4) is 0 Å². The summed E-state index contributed by atoms with van der Waals surface area (Å²) in [6.45, 7) is 1.96. The summed E-state index contributed by atoms with van der Waals surface area (Å²) in [5.74, 6) is -1.28. The van der Waals surface area contributed by atoms with E-state index in [9.17, 15) is 18.8 Å². The third-order valence-electron chi connectivity index (χ3n) is 5.49. The summed E-state index contributed by atoms with van der Waals surface area (Å²) in [5.41, 5.74) is 3.26. The maximum atomic E-state index is 13.4. The van der Waals surface area contributed by atoms with Crippen molar-refractivity contribution in [2.24, 2.45) is 0 Å². The number of nitrogens with one attached hydrogen (secondary N) is 3. The summed E-state index contributed by atoms with van der Waals surface area (Å²) in [6.07, 6.45) is 1.48. The van der Waals surface area contributed by atoms with Crippen LogP contribution in [0.2, 0.25) is 0 Å². The molecular weight excluding hydrogens is 513 g/mol. The highest BCUT2D eigenvalue weighted by molar-refractivity contribution is 8.00. The van der Waals surface area contributed by atoms with Crippen LogP contribution in [0.1, 0.15) is 21.5 Å². The summed E-state index contributed by atoms with van der Waals surface area (Å²) in [4.78, 5) is 39.0. The van der Waals surface area contributed by atoms with Crippen LogP contribution in [0, 0.1) is 12.7 Å². The zero-order chi connectivity index (χ0) is 27.6. The van der Waals surface area contributed by atoms with Gasteiger partial charge in [0.2, 0.25) is 5.91 Å². The monoisotopic (exact) mass is 539 g/mol. The van der Waals surface area contributed by atoms with Gasteiger partial charge in [0.1, 0.15) is 11.5 Å². The van der Waals surface area contributed by atoms with Crippen LogP contribution in [-0.2, 0) is 9.59 Å². The lowest BCUT2D eigenvalue weighted by atomic mass is 10.1. The molecule has 8 heteroatoms. The largest absolute Gasteiger partial charge is 0.325 e. The fraction of sp³-hybridized carbons (Fsp3) is 0.0645. The zero-order valence-electron chi connectivity index (χ0n) is 21.1. The Kier molecular flexibility index (Phi) is 9.26. The van der Waals surface area contributed by atoms with Gasteiger partial charge in [-0.3, -0.25) is 14.4 Å². The van der Waals surface area contributed by atoms with Gasteiger partial charge in [-0.2, -0.15) is 0 Å². The molecule has 196 valence electrons. The average Bonchev–Trinajstić information content (AvgIpc) is 2.94. The van der Waals surface area contributed by atoms with E-state index < -0.39 is 17.6 Å². The Morgan fingerprint density at radius 1 is 0.795 bits per heavy atom. The molecule has 6 nitrogen and oxygen atoms in total. The molecule has 39 heavy (non-hydrogen) atoms. The number of anilines is 2. The topological polar surface area (TPSA) is 87.3 Å². The Hall–Kier alpha value is -4.69. The van der Waals surface area contributed by atoms with Gasteiger partial charge in [-0.05, 0) is 84.8 Å². The number of benzene rings is 4. The van der Waals surface area contributed by atoms with Gasteiger partial charge >= 0.3 is 0 Å². The molecule has 0 aromatic heterocycles. The number of thioether (sulfide) groups is 1. The highest BCUT2D eigenvalue weighted by atomic mass is 32.2. The Bertz CT molecular complexity index is 1490. The van der Waals surface area contributed by atoms with Crippen LogP contribution in [0.15, 0.2) is 114 Å². The average molecular weight is 540 g/mol. The Balaban J connectivity index is 1.40. The molecule has 0 saturated carbocycles.